The SMILES string of the molecule is Cc1ccc(OCCCCNC(=O)CCc2nc(-c3ccc(F)cc3)no2)cc1. The third-order valence-electron chi connectivity index (χ3n) is 4.32. The second kappa shape index (κ2) is 10.4. The first-order valence-electron chi connectivity index (χ1n) is 9.65. The van der Waals surface area contributed by atoms with Crippen LogP contribution >= 0.6 is 0 Å². The van der Waals surface area contributed by atoms with Crippen LogP contribution in [0.3, 0.4) is 0 Å². The van der Waals surface area contributed by atoms with E-state index in [1.807, 2.05) is 31.2 Å². The number of rotatable bonds is 10. The lowest BCUT2D eigenvalue weighted by molar-refractivity contribution is -0.121. The van der Waals surface area contributed by atoms with Crippen LogP contribution in [0.5, 0.6) is 5.75 Å². The van der Waals surface area contributed by atoms with Gasteiger partial charge >= 0.3 is 0 Å². The molecular weight excluding hydrogens is 373 g/mol. The first-order valence-corrected chi connectivity index (χ1v) is 9.65. The van der Waals surface area contributed by atoms with Crippen molar-refractivity contribution < 1.29 is 18.4 Å². The smallest absolute Gasteiger partial charge is 0.227 e. The molecule has 0 atom stereocenters. The number of nitrogens with one attached hydrogen (secondary N) is 1. The Hall–Kier alpha value is -3.22. The van der Waals surface area contributed by atoms with Crippen molar-refractivity contribution in [1.29, 1.82) is 0 Å². The van der Waals surface area contributed by atoms with Crippen molar-refractivity contribution in [3.8, 4) is 17.1 Å². The number of carbonyl (C=O) groups excluding carboxylic acids is 1. The average molecular weight is 397 g/mol. The Balaban J connectivity index is 1.29. The Morgan fingerprint density at radius 3 is 2.62 bits per heavy atom. The van der Waals surface area contributed by atoms with Crippen LogP contribution in [-0.4, -0.2) is 29.2 Å². The van der Waals surface area contributed by atoms with Gasteiger partial charge in [0.15, 0.2) is 0 Å². The minimum atomic E-state index is -0.323. The molecule has 6 nitrogen and oxygen atoms in total. The quantitative estimate of drug-likeness (QED) is 0.522. The number of halogens is 1. The van der Waals surface area contributed by atoms with Crippen molar-refractivity contribution in [2.75, 3.05) is 13.2 Å². The zero-order valence-corrected chi connectivity index (χ0v) is 16.4. The predicted molar refractivity (Wildman–Crippen MR) is 107 cm³/mol. The van der Waals surface area contributed by atoms with Crippen LogP contribution in [0.2, 0.25) is 0 Å². The maximum absolute atomic E-state index is 13.0. The third-order valence-corrected chi connectivity index (χ3v) is 4.32. The number of hydrogen-bond donors (Lipinski definition) is 1. The minimum Gasteiger partial charge on any atom is -0.494 e. The standard InChI is InChI=1S/C22H24FN3O3/c1-16-4-10-19(11-5-16)28-15-3-2-14-24-20(27)12-13-21-25-22(26-29-21)17-6-8-18(23)9-7-17/h4-11H,2-3,12-15H2,1H3,(H,24,27). The molecule has 0 unspecified atom stereocenters. The van der Waals surface area contributed by atoms with Gasteiger partial charge in [-0.3, -0.25) is 4.79 Å². The van der Waals surface area contributed by atoms with E-state index in [2.05, 4.69) is 15.5 Å². The van der Waals surface area contributed by atoms with Crippen molar-refractivity contribution in [3.63, 3.8) is 0 Å². The Bertz CT molecular complexity index is 908. The average Bonchev–Trinajstić information content (AvgIpc) is 3.20. The van der Waals surface area contributed by atoms with Gasteiger partial charge in [0.1, 0.15) is 11.6 Å². The second-order valence-electron chi connectivity index (χ2n) is 6.74. The zero-order valence-electron chi connectivity index (χ0n) is 16.4. The van der Waals surface area contributed by atoms with E-state index in [1.165, 1.54) is 17.7 Å². The molecule has 1 amide bonds. The molecule has 1 N–H and O–H groups in total. The predicted octanol–water partition coefficient (Wildman–Crippen LogP) is 4.09. The van der Waals surface area contributed by atoms with Crippen LogP contribution < -0.4 is 10.1 Å². The van der Waals surface area contributed by atoms with Gasteiger partial charge in [0.25, 0.3) is 0 Å². The van der Waals surface area contributed by atoms with Crippen LogP contribution in [0.1, 0.15) is 30.7 Å². The highest BCUT2D eigenvalue weighted by atomic mass is 19.1. The van der Waals surface area contributed by atoms with Crippen molar-refractivity contribution in [2.24, 2.45) is 0 Å². The second-order valence-corrected chi connectivity index (χ2v) is 6.74. The van der Waals surface area contributed by atoms with Crippen LogP contribution in [0, 0.1) is 12.7 Å². The van der Waals surface area contributed by atoms with E-state index in [1.54, 1.807) is 12.1 Å². The number of unbranched alkanes of at least 4 members (excludes halogenated alkanes) is 1. The summed E-state index contributed by atoms with van der Waals surface area (Å²) in [6.07, 6.45) is 2.33. The van der Waals surface area contributed by atoms with Crippen LogP contribution in [0.4, 0.5) is 4.39 Å². The number of ether oxygens (including phenoxy) is 1. The molecule has 29 heavy (non-hydrogen) atoms. The molecule has 1 aromatic heterocycles. The maximum Gasteiger partial charge on any atom is 0.227 e. The fourth-order valence-electron chi connectivity index (χ4n) is 2.66. The molecule has 152 valence electrons. The molecule has 0 saturated carbocycles. The summed E-state index contributed by atoms with van der Waals surface area (Å²) in [7, 11) is 0. The Morgan fingerprint density at radius 2 is 1.86 bits per heavy atom. The lowest BCUT2D eigenvalue weighted by Gasteiger charge is -2.07. The Labute approximate surface area is 169 Å². The summed E-state index contributed by atoms with van der Waals surface area (Å²) in [4.78, 5) is 16.2. The van der Waals surface area contributed by atoms with Gasteiger partial charge < -0.3 is 14.6 Å². The summed E-state index contributed by atoms with van der Waals surface area (Å²) in [5.74, 6) is 1.24. The number of benzene rings is 2. The molecule has 0 saturated heterocycles. The number of nitrogens with zero attached hydrogens (tertiary/aromatic N) is 2. The van der Waals surface area contributed by atoms with E-state index in [0.717, 1.165) is 18.6 Å². The molecule has 0 fully saturated rings. The highest BCUT2D eigenvalue weighted by molar-refractivity contribution is 5.75. The summed E-state index contributed by atoms with van der Waals surface area (Å²) in [6, 6.07) is 13.8. The minimum absolute atomic E-state index is 0.0639. The molecule has 0 aliphatic rings. The lowest BCUT2D eigenvalue weighted by Crippen LogP contribution is -2.25. The van der Waals surface area contributed by atoms with E-state index in [4.69, 9.17) is 9.26 Å². The summed E-state index contributed by atoms with van der Waals surface area (Å²) in [5, 5.41) is 6.74. The summed E-state index contributed by atoms with van der Waals surface area (Å²) >= 11 is 0. The molecule has 0 radical (unpaired) electrons. The van der Waals surface area contributed by atoms with Gasteiger partial charge in [-0.25, -0.2) is 4.39 Å². The fourth-order valence-corrected chi connectivity index (χ4v) is 2.66. The fraction of sp³-hybridized carbons (Fsp3) is 0.318. The van der Waals surface area contributed by atoms with E-state index in [0.29, 0.717) is 36.9 Å². The van der Waals surface area contributed by atoms with Gasteiger partial charge in [0, 0.05) is 24.9 Å². The topological polar surface area (TPSA) is 77.2 Å². The van der Waals surface area contributed by atoms with Crippen molar-refractivity contribution in [3.05, 3.63) is 65.8 Å². The number of aryl methyl sites for hydroxylation is 2. The van der Waals surface area contributed by atoms with E-state index >= 15 is 0 Å². The molecule has 0 bridgehead atoms. The van der Waals surface area contributed by atoms with Crippen LogP contribution in [0.25, 0.3) is 11.4 Å². The monoisotopic (exact) mass is 397 g/mol. The van der Waals surface area contributed by atoms with Crippen molar-refractivity contribution in [2.45, 2.75) is 32.6 Å². The van der Waals surface area contributed by atoms with Crippen molar-refractivity contribution in [1.82, 2.24) is 15.5 Å². The number of amides is 1. The molecule has 0 aliphatic heterocycles. The van der Waals surface area contributed by atoms with E-state index in [9.17, 15) is 9.18 Å². The lowest BCUT2D eigenvalue weighted by atomic mass is 10.2. The number of hydrogen-bond acceptors (Lipinski definition) is 5. The molecular formula is C22H24FN3O3. The van der Waals surface area contributed by atoms with Crippen LogP contribution in [-0.2, 0) is 11.2 Å². The van der Waals surface area contributed by atoms with Crippen molar-refractivity contribution >= 4 is 5.91 Å². The first-order chi connectivity index (χ1) is 14.1. The van der Waals surface area contributed by atoms with Gasteiger partial charge in [-0.1, -0.05) is 22.9 Å². The van der Waals surface area contributed by atoms with Gasteiger partial charge in [-0.2, -0.15) is 4.98 Å². The summed E-state index contributed by atoms with van der Waals surface area (Å²) < 4.78 is 23.8. The number of aromatic nitrogens is 2. The molecule has 0 aliphatic carbocycles. The maximum atomic E-state index is 13.0. The first kappa shape index (κ1) is 20.5. The zero-order chi connectivity index (χ0) is 20.5. The molecule has 2 aromatic carbocycles. The van der Waals surface area contributed by atoms with Gasteiger partial charge in [-0.05, 0) is 56.2 Å². The van der Waals surface area contributed by atoms with Crippen LogP contribution in [0.15, 0.2) is 53.1 Å². The summed E-state index contributed by atoms with van der Waals surface area (Å²) in [5.41, 5.74) is 1.87. The highest BCUT2D eigenvalue weighted by Crippen LogP contribution is 2.16. The molecule has 0 spiro atoms. The van der Waals surface area contributed by atoms with Gasteiger partial charge in [0.2, 0.25) is 17.6 Å². The molecule has 1 heterocycles. The third kappa shape index (κ3) is 6.71. The molecule has 3 aromatic rings. The van der Waals surface area contributed by atoms with Gasteiger partial charge in [0.05, 0.1) is 6.61 Å². The van der Waals surface area contributed by atoms with Gasteiger partial charge in [-0.15, -0.1) is 0 Å². The Kier molecular flexibility index (Phi) is 7.33. The summed E-state index contributed by atoms with van der Waals surface area (Å²) in [6.45, 7) is 3.25. The number of carbonyl (C=O) groups is 1. The van der Waals surface area contributed by atoms with E-state index in [-0.39, 0.29) is 18.1 Å². The van der Waals surface area contributed by atoms with E-state index < -0.39 is 0 Å². The highest BCUT2D eigenvalue weighted by Gasteiger charge is 2.10. The molecule has 3 rings (SSSR count). The molecule has 7 heteroatoms. The largest absolute Gasteiger partial charge is 0.494 e. The normalized spacial score (nSPS) is 10.7. The Morgan fingerprint density at radius 1 is 1.10 bits per heavy atom.